The Kier molecular flexibility index (Phi) is 5.86. The maximum Gasteiger partial charge on any atom is 0.320 e. The summed E-state index contributed by atoms with van der Waals surface area (Å²) in [4.78, 5) is 28.4. The number of hydrogen-bond donors (Lipinski definition) is 0. The van der Waals surface area contributed by atoms with Crippen molar-refractivity contribution < 1.29 is 19.1 Å². The smallest absolute Gasteiger partial charge is 0.320 e. The highest BCUT2D eigenvalue weighted by Gasteiger charge is 2.40. The molecule has 1 heterocycles. The highest BCUT2D eigenvalue weighted by atomic mass is 16.5. The number of rotatable bonds is 2. The van der Waals surface area contributed by atoms with Gasteiger partial charge in [-0.05, 0) is 44.8 Å². The van der Waals surface area contributed by atoms with Gasteiger partial charge in [0.05, 0.1) is 11.8 Å². The lowest BCUT2D eigenvalue weighted by Gasteiger charge is -2.28. The van der Waals surface area contributed by atoms with Gasteiger partial charge in [-0.15, -0.1) is 0 Å². The van der Waals surface area contributed by atoms with Gasteiger partial charge >= 0.3 is 11.9 Å². The summed E-state index contributed by atoms with van der Waals surface area (Å²) < 4.78 is 12.6. The Morgan fingerprint density at radius 2 is 0.775 bits per heavy atom. The Labute approximate surface area is 231 Å². The predicted molar refractivity (Wildman–Crippen MR) is 157 cm³/mol. The van der Waals surface area contributed by atoms with Gasteiger partial charge in [0.2, 0.25) is 0 Å². The Morgan fingerprint density at radius 1 is 0.400 bits per heavy atom. The van der Waals surface area contributed by atoms with Crippen LogP contribution in [-0.2, 0) is 9.59 Å². The van der Waals surface area contributed by atoms with Crippen molar-refractivity contribution in [1.29, 1.82) is 0 Å². The molecule has 0 amide bonds. The molecule has 0 spiro atoms. The van der Waals surface area contributed by atoms with Gasteiger partial charge in [-0.3, -0.25) is 9.59 Å². The van der Waals surface area contributed by atoms with Crippen molar-refractivity contribution in [1.82, 2.24) is 0 Å². The maximum atomic E-state index is 14.2. The standard InChI is InChI=1S/C36H24O4/c37-35-31(25-13-3-1-4-14-25)32(26-15-5-2-6-16-26)36(38)40-30-22-20-24-12-8-10-18-28(24)34(30)33-27-17-9-7-11-23(27)19-21-29(33)39-35/h1-22,31-32H/t31-,32-/m0/s1. The maximum absolute atomic E-state index is 14.2. The summed E-state index contributed by atoms with van der Waals surface area (Å²) in [6.07, 6.45) is 0. The SMILES string of the molecule is O=C1Oc2ccc3ccccc3c2-c2c(ccc3ccccc23)OC(=O)[C@@H](c2ccccc2)[C@@H]1c1ccccc1. The van der Waals surface area contributed by atoms with Gasteiger partial charge in [0.15, 0.2) is 0 Å². The number of benzene rings is 6. The number of ether oxygens (including phenoxy) is 2. The minimum absolute atomic E-state index is 0.423. The second kappa shape index (κ2) is 9.83. The summed E-state index contributed by atoms with van der Waals surface area (Å²) in [6, 6.07) is 42.1. The molecule has 0 aromatic heterocycles. The minimum atomic E-state index is -0.919. The molecule has 0 radical (unpaired) electrons. The normalized spacial score (nSPS) is 17.0. The average Bonchev–Trinajstić information content (AvgIpc) is 3.00. The van der Waals surface area contributed by atoms with E-state index in [1.165, 1.54) is 0 Å². The molecular weight excluding hydrogens is 496 g/mol. The Bertz CT molecular complexity index is 1750. The number of hydrogen-bond acceptors (Lipinski definition) is 4. The first-order valence-electron chi connectivity index (χ1n) is 13.3. The summed E-state index contributed by atoms with van der Waals surface area (Å²) in [7, 11) is 0. The topological polar surface area (TPSA) is 52.6 Å². The van der Waals surface area contributed by atoms with Crippen LogP contribution in [0.1, 0.15) is 23.0 Å². The third-order valence-electron chi connectivity index (χ3n) is 7.61. The van der Waals surface area contributed by atoms with Gasteiger partial charge in [0.1, 0.15) is 11.5 Å². The zero-order valence-corrected chi connectivity index (χ0v) is 21.5. The number of esters is 2. The van der Waals surface area contributed by atoms with E-state index in [1.807, 2.05) is 133 Å². The van der Waals surface area contributed by atoms with Crippen molar-refractivity contribution in [3.05, 3.63) is 145 Å². The molecule has 0 saturated carbocycles. The molecule has 0 unspecified atom stereocenters. The summed E-state index contributed by atoms with van der Waals surface area (Å²) >= 11 is 0. The van der Waals surface area contributed by atoms with Gasteiger partial charge in [0, 0.05) is 11.1 Å². The lowest BCUT2D eigenvalue weighted by atomic mass is 9.81. The number of carbonyl (C=O) groups is 2. The molecule has 1 aliphatic heterocycles. The molecule has 0 saturated heterocycles. The van der Waals surface area contributed by atoms with Crippen LogP contribution in [0.4, 0.5) is 0 Å². The average molecular weight is 521 g/mol. The van der Waals surface area contributed by atoms with Crippen LogP contribution < -0.4 is 9.47 Å². The fourth-order valence-corrected chi connectivity index (χ4v) is 5.78. The van der Waals surface area contributed by atoms with Crippen LogP contribution in [0.25, 0.3) is 32.7 Å². The van der Waals surface area contributed by atoms with Crippen LogP contribution in [0.3, 0.4) is 0 Å². The van der Waals surface area contributed by atoms with Crippen LogP contribution in [0, 0.1) is 0 Å². The lowest BCUT2D eigenvalue weighted by Crippen LogP contribution is -2.32. The largest absolute Gasteiger partial charge is 0.425 e. The fraction of sp³-hybridized carbons (Fsp3) is 0.0556. The molecule has 192 valence electrons. The van der Waals surface area contributed by atoms with Gasteiger partial charge in [-0.1, -0.05) is 121 Å². The van der Waals surface area contributed by atoms with E-state index < -0.39 is 23.8 Å². The lowest BCUT2D eigenvalue weighted by molar-refractivity contribution is -0.144. The fourth-order valence-electron chi connectivity index (χ4n) is 5.78. The molecule has 0 fully saturated rings. The molecule has 7 rings (SSSR count). The molecule has 1 aliphatic rings. The zero-order chi connectivity index (χ0) is 27.1. The highest BCUT2D eigenvalue weighted by Crippen LogP contribution is 2.48. The molecule has 0 N–H and O–H groups in total. The molecule has 4 nitrogen and oxygen atoms in total. The second-order valence-corrected chi connectivity index (χ2v) is 9.94. The van der Waals surface area contributed by atoms with E-state index in [9.17, 15) is 9.59 Å². The number of fused-ring (bicyclic) bond motifs is 7. The number of carbonyl (C=O) groups excluding carboxylic acids is 2. The van der Waals surface area contributed by atoms with E-state index in [1.54, 1.807) is 0 Å². The van der Waals surface area contributed by atoms with Gasteiger partial charge in [-0.25, -0.2) is 0 Å². The molecule has 40 heavy (non-hydrogen) atoms. The minimum Gasteiger partial charge on any atom is -0.425 e. The summed E-state index contributed by atoms with van der Waals surface area (Å²) in [5.74, 6) is -2.02. The first-order valence-corrected chi connectivity index (χ1v) is 13.3. The van der Waals surface area contributed by atoms with Crippen molar-refractivity contribution in [2.24, 2.45) is 0 Å². The third kappa shape index (κ3) is 4.02. The van der Waals surface area contributed by atoms with E-state index in [4.69, 9.17) is 9.47 Å². The van der Waals surface area contributed by atoms with Crippen LogP contribution in [0.2, 0.25) is 0 Å². The highest BCUT2D eigenvalue weighted by molar-refractivity contribution is 6.11. The van der Waals surface area contributed by atoms with Crippen molar-refractivity contribution in [3.63, 3.8) is 0 Å². The Hall–Kier alpha value is -5.22. The van der Waals surface area contributed by atoms with Crippen molar-refractivity contribution in [2.45, 2.75) is 11.8 Å². The van der Waals surface area contributed by atoms with E-state index in [0.29, 0.717) is 22.6 Å². The molecule has 6 aromatic carbocycles. The van der Waals surface area contributed by atoms with E-state index >= 15 is 0 Å². The molecule has 0 aliphatic carbocycles. The van der Waals surface area contributed by atoms with Crippen molar-refractivity contribution in [3.8, 4) is 22.6 Å². The van der Waals surface area contributed by atoms with Crippen molar-refractivity contribution in [2.75, 3.05) is 0 Å². The van der Waals surface area contributed by atoms with Gasteiger partial charge in [0.25, 0.3) is 0 Å². The molecule has 0 bridgehead atoms. The van der Waals surface area contributed by atoms with Gasteiger partial charge < -0.3 is 9.47 Å². The van der Waals surface area contributed by atoms with Crippen LogP contribution >= 0.6 is 0 Å². The van der Waals surface area contributed by atoms with Crippen LogP contribution in [0.15, 0.2) is 133 Å². The van der Waals surface area contributed by atoms with Gasteiger partial charge in [-0.2, -0.15) is 0 Å². The summed E-state index contributed by atoms with van der Waals surface area (Å²) in [5.41, 5.74) is 2.80. The summed E-state index contributed by atoms with van der Waals surface area (Å²) in [5, 5.41) is 3.78. The monoisotopic (exact) mass is 520 g/mol. The third-order valence-corrected chi connectivity index (χ3v) is 7.61. The Morgan fingerprint density at radius 3 is 1.20 bits per heavy atom. The second-order valence-electron chi connectivity index (χ2n) is 9.94. The zero-order valence-electron chi connectivity index (χ0n) is 21.5. The molecule has 6 aromatic rings. The Balaban J connectivity index is 1.55. The van der Waals surface area contributed by atoms with Crippen LogP contribution in [-0.4, -0.2) is 11.9 Å². The van der Waals surface area contributed by atoms with Crippen LogP contribution in [0.5, 0.6) is 11.5 Å². The molecule has 2 atom stereocenters. The summed E-state index contributed by atoms with van der Waals surface area (Å²) in [6.45, 7) is 0. The molecule has 4 heteroatoms. The predicted octanol–water partition coefficient (Wildman–Crippen LogP) is 8.05. The van der Waals surface area contributed by atoms with E-state index in [2.05, 4.69) is 0 Å². The first kappa shape index (κ1) is 23.9. The quantitative estimate of drug-likeness (QED) is 0.171. The molecular formula is C36H24O4. The van der Waals surface area contributed by atoms with Crippen molar-refractivity contribution >= 4 is 33.5 Å². The van der Waals surface area contributed by atoms with E-state index in [-0.39, 0.29) is 0 Å². The first-order chi connectivity index (χ1) is 19.7. The van der Waals surface area contributed by atoms with E-state index in [0.717, 1.165) is 32.7 Å².